The van der Waals surface area contributed by atoms with Crippen LogP contribution in [-0.4, -0.2) is 24.5 Å². The lowest BCUT2D eigenvalue weighted by molar-refractivity contribution is -0.297. The maximum Gasteiger partial charge on any atom is 0.349 e. The molecule has 0 saturated heterocycles. The van der Waals surface area contributed by atoms with Gasteiger partial charge in [-0.05, 0) is 6.08 Å². The van der Waals surface area contributed by atoms with Gasteiger partial charge in [0, 0.05) is 6.08 Å². The van der Waals surface area contributed by atoms with Gasteiger partial charge in [0.15, 0.2) is 6.61 Å². The van der Waals surface area contributed by atoms with Gasteiger partial charge in [-0.25, -0.2) is 9.59 Å². The number of carboxylic acids is 1. The van der Waals surface area contributed by atoms with Gasteiger partial charge in [-0.15, -0.1) is 0 Å². The molecule has 0 aliphatic carbocycles. The van der Waals surface area contributed by atoms with E-state index in [-0.39, 0.29) is 0 Å². The third-order valence-electron chi connectivity index (χ3n) is 0.880. The van der Waals surface area contributed by atoms with Crippen LogP contribution in [0.4, 0.5) is 0 Å². The van der Waals surface area contributed by atoms with Crippen LogP contribution in [0.2, 0.25) is 0 Å². The number of ether oxygens (including phenoxy) is 2. The number of aliphatic carboxylic acids is 1. The monoisotopic (exact) mass is 227 g/mol. The van der Waals surface area contributed by atoms with Crippen LogP contribution in [0.1, 0.15) is 0 Å². The van der Waals surface area contributed by atoms with Crippen molar-refractivity contribution in [2.75, 3.05) is 6.61 Å². The molecule has 0 aromatic rings. The molecule has 0 rings (SSSR count). The minimum atomic E-state index is -1.23. The predicted molar refractivity (Wildman–Crippen MR) is 52.6 cm³/mol. The second-order valence-electron chi connectivity index (χ2n) is 1.99. The summed E-state index contributed by atoms with van der Waals surface area (Å²) >= 11 is 0. The number of hydrogen-bond donors (Lipinski definition) is 0. The van der Waals surface area contributed by atoms with E-state index in [4.69, 9.17) is 9.90 Å². The normalized spacial score (nSPS) is 7.50. The van der Waals surface area contributed by atoms with Crippen molar-refractivity contribution in [2.45, 2.75) is 0 Å². The van der Waals surface area contributed by atoms with Crippen LogP contribution in [0.25, 0.3) is 0 Å². The summed E-state index contributed by atoms with van der Waals surface area (Å²) in [4.78, 5) is 29.9. The minimum absolute atomic E-state index is 0.420. The van der Waals surface area contributed by atoms with Crippen molar-refractivity contribution >= 4 is 17.9 Å². The number of esters is 2. The molecule has 88 valence electrons. The summed E-state index contributed by atoms with van der Waals surface area (Å²) in [5, 5.41) is 9.14. The molecule has 0 aliphatic heterocycles. The molecule has 0 fully saturated rings. The molecule has 0 aromatic heterocycles. The van der Waals surface area contributed by atoms with Gasteiger partial charge in [0.25, 0.3) is 0 Å². The van der Waals surface area contributed by atoms with E-state index in [0.29, 0.717) is 0 Å². The standard InChI is InChI=1S/C7H8O4.C3H4O2/c1-3-6(8)11-5-7(9)10-4-2;1-2-3(4)5/h3-4H,1-2,5H2;2H,1H2,(H,4,5)/p-1. The molecule has 0 bridgehead atoms. The van der Waals surface area contributed by atoms with Crippen LogP contribution in [0.15, 0.2) is 38.2 Å². The van der Waals surface area contributed by atoms with E-state index >= 15 is 0 Å². The number of rotatable bonds is 5. The van der Waals surface area contributed by atoms with Gasteiger partial charge < -0.3 is 19.4 Å². The fraction of sp³-hybridized carbons (Fsp3) is 0.100. The predicted octanol–water partition coefficient (Wildman–Crippen LogP) is -0.675. The summed E-state index contributed by atoms with van der Waals surface area (Å²) in [5.74, 6) is -2.56. The first-order valence-electron chi connectivity index (χ1n) is 3.90. The van der Waals surface area contributed by atoms with E-state index in [1.807, 2.05) is 0 Å². The molecule has 6 heteroatoms. The molecular formula is C10H11O6-. The Kier molecular flexibility index (Phi) is 10.8. The van der Waals surface area contributed by atoms with Crippen LogP contribution in [-0.2, 0) is 23.9 Å². The molecule has 0 saturated carbocycles. The number of carbonyl (C=O) groups is 3. The lowest BCUT2D eigenvalue weighted by Crippen LogP contribution is -2.17. The summed E-state index contributed by atoms with van der Waals surface area (Å²) in [6.07, 6.45) is 2.64. The third-order valence-corrected chi connectivity index (χ3v) is 0.880. The molecule has 0 unspecified atom stereocenters. The highest BCUT2D eigenvalue weighted by molar-refractivity contribution is 5.83. The third kappa shape index (κ3) is 14.2. The first-order valence-corrected chi connectivity index (χ1v) is 3.90. The quantitative estimate of drug-likeness (QED) is 0.351. The zero-order chi connectivity index (χ0) is 13.0. The van der Waals surface area contributed by atoms with Gasteiger partial charge in [-0.3, -0.25) is 0 Å². The highest BCUT2D eigenvalue weighted by Gasteiger charge is 2.02. The Bertz CT molecular complexity index is 292. The summed E-state index contributed by atoms with van der Waals surface area (Å²) in [6, 6.07) is 0. The van der Waals surface area contributed by atoms with Crippen LogP contribution in [0, 0.1) is 0 Å². The van der Waals surface area contributed by atoms with Gasteiger partial charge in [-0.2, -0.15) is 0 Å². The Hall–Kier alpha value is -2.37. The van der Waals surface area contributed by atoms with Crippen molar-refractivity contribution in [2.24, 2.45) is 0 Å². The Balaban J connectivity index is 0. The van der Waals surface area contributed by atoms with Crippen molar-refractivity contribution in [3.8, 4) is 0 Å². The topological polar surface area (TPSA) is 92.7 Å². The molecule has 0 radical (unpaired) electrons. The molecule has 0 N–H and O–H groups in total. The van der Waals surface area contributed by atoms with Crippen molar-refractivity contribution < 1.29 is 29.0 Å². The number of hydrogen-bond acceptors (Lipinski definition) is 6. The maximum atomic E-state index is 10.5. The second-order valence-corrected chi connectivity index (χ2v) is 1.99. The Morgan fingerprint density at radius 1 is 1.12 bits per heavy atom. The highest BCUT2D eigenvalue weighted by Crippen LogP contribution is 1.83. The first-order chi connectivity index (χ1) is 7.47. The van der Waals surface area contributed by atoms with Crippen molar-refractivity contribution in [1.82, 2.24) is 0 Å². The molecular weight excluding hydrogens is 216 g/mol. The van der Waals surface area contributed by atoms with E-state index in [0.717, 1.165) is 18.4 Å². The van der Waals surface area contributed by atoms with Crippen molar-refractivity contribution in [3.05, 3.63) is 38.2 Å². The fourth-order valence-corrected chi connectivity index (χ4v) is 0.316. The smallest absolute Gasteiger partial charge is 0.349 e. The van der Waals surface area contributed by atoms with Gasteiger partial charge in [0.1, 0.15) is 0 Å². The molecule has 6 nitrogen and oxygen atoms in total. The maximum absolute atomic E-state index is 10.5. The fourth-order valence-electron chi connectivity index (χ4n) is 0.316. The van der Waals surface area contributed by atoms with Crippen LogP contribution < -0.4 is 5.11 Å². The molecule has 0 aliphatic rings. The lowest BCUT2D eigenvalue weighted by Gasteiger charge is -1.98. The Labute approximate surface area is 92.5 Å². The lowest BCUT2D eigenvalue weighted by atomic mass is 10.6. The van der Waals surface area contributed by atoms with Gasteiger partial charge in [-0.1, -0.05) is 19.7 Å². The molecule has 0 heterocycles. The van der Waals surface area contributed by atoms with Gasteiger partial charge >= 0.3 is 11.9 Å². The highest BCUT2D eigenvalue weighted by atomic mass is 16.6. The summed E-state index contributed by atoms with van der Waals surface area (Å²) < 4.78 is 8.58. The Morgan fingerprint density at radius 3 is 1.94 bits per heavy atom. The molecule has 0 amide bonds. The van der Waals surface area contributed by atoms with Gasteiger partial charge in [0.2, 0.25) is 0 Å². The van der Waals surface area contributed by atoms with E-state index in [2.05, 4.69) is 29.2 Å². The summed E-state index contributed by atoms with van der Waals surface area (Å²) in [7, 11) is 0. The second kappa shape index (κ2) is 10.7. The van der Waals surface area contributed by atoms with E-state index in [1.54, 1.807) is 0 Å². The largest absolute Gasteiger partial charge is 0.545 e. The van der Waals surface area contributed by atoms with E-state index < -0.39 is 24.5 Å². The minimum Gasteiger partial charge on any atom is -0.545 e. The summed E-state index contributed by atoms with van der Waals surface area (Å²) in [6.45, 7) is 8.76. The number of carboxylic acid groups (broad SMARTS) is 1. The molecule has 0 spiro atoms. The number of carbonyl (C=O) groups excluding carboxylic acids is 3. The molecule has 0 aromatic carbocycles. The first kappa shape index (κ1) is 16.1. The molecule has 0 atom stereocenters. The summed E-state index contributed by atoms with van der Waals surface area (Å²) in [5.41, 5.74) is 0. The van der Waals surface area contributed by atoms with Gasteiger partial charge in [0.05, 0.1) is 12.2 Å². The van der Waals surface area contributed by atoms with E-state index in [9.17, 15) is 9.59 Å². The Morgan fingerprint density at radius 2 is 1.62 bits per heavy atom. The van der Waals surface area contributed by atoms with Crippen LogP contribution >= 0.6 is 0 Å². The van der Waals surface area contributed by atoms with Crippen LogP contribution in [0.5, 0.6) is 0 Å². The van der Waals surface area contributed by atoms with Crippen molar-refractivity contribution in [3.63, 3.8) is 0 Å². The van der Waals surface area contributed by atoms with Crippen LogP contribution in [0.3, 0.4) is 0 Å². The van der Waals surface area contributed by atoms with E-state index in [1.165, 1.54) is 0 Å². The SMILES string of the molecule is C=CC(=O)[O-].C=COC(=O)COC(=O)C=C. The average Bonchev–Trinajstić information content (AvgIpc) is 2.27. The average molecular weight is 227 g/mol. The van der Waals surface area contributed by atoms with Crippen molar-refractivity contribution in [1.29, 1.82) is 0 Å². The zero-order valence-electron chi connectivity index (χ0n) is 8.51. The molecule has 16 heavy (non-hydrogen) atoms. The zero-order valence-corrected chi connectivity index (χ0v) is 8.51.